The molecule has 1 heterocycles. The van der Waals surface area contributed by atoms with Crippen molar-refractivity contribution in [2.75, 3.05) is 17.1 Å². The van der Waals surface area contributed by atoms with Crippen molar-refractivity contribution in [3.63, 3.8) is 0 Å². The highest BCUT2D eigenvalue weighted by atomic mass is 32.2. The highest BCUT2D eigenvalue weighted by Crippen LogP contribution is 2.29. The van der Waals surface area contributed by atoms with E-state index in [2.05, 4.69) is 15.0 Å². The molecule has 0 saturated heterocycles. The lowest BCUT2D eigenvalue weighted by atomic mass is 10.2. The van der Waals surface area contributed by atoms with Crippen LogP contribution in [0.2, 0.25) is 0 Å². The van der Waals surface area contributed by atoms with Crippen LogP contribution < -0.4 is 14.8 Å². The third kappa shape index (κ3) is 4.44. The standard InChI is InChI=1S/C19H16FN3O4S/c1-27-18-11-15(23-28(25,26)16-7-4-14(20)5-8-16)6-9-17(18)22-19(24)13-3-2-10-21-12-13/h2-12,23H,1H3,(H,22,24). The number of pyridine rings is 1. The molecule has 28 heavy (non-hydrogen) atoms. The molecule has 7 nitrogen and oxygen atoms in total. The highest BCUT2D eigenvalue weighted by molar-refractivity contribution is 7.92. The van der Waals surface area contributed by atoms with Crippen LogP contribution in [-0.2, 0) is 10.0 Å². The molecule has 9 heteroatoms. The molecule has 0 bridgehead atoms. The molecule has 144 valence electrons. The Morgan fingerprint density at radius 1 is 1.11 bits per heavy atom. The summed E-state index contributed by atoms with van der Waals surface area (Å²) < 4.78 is 45.5. The number of carbonyl (C=O) groups is 1. The molecule has 0 atom stereocenters. The quantitative estimate of drug-likeness (QED) is 0.661. The van der Waals surface area contributed by atoms with Gasteiger partial charge < -0.3 is 10.1 Å². The van der Waals surface area contributed by atoms with E-state index in [-0.39, 0.29) is 22.2 Å². The summed E-state index contributed by atoms with van der Waals surface area (Å²) in [5.74, 6) is -0.656. The van der Waals surface area contributed by atoms with E-state index in [1.54, 1.807) is 18.3 Å². The predicted molar refractivity (Wildman–Crippen MR) is 102 cm³/mol. The minimum Gasteiger partial charge on any atom is -0.494 e. The maximum atomic E-state index is 13.0. The van der Waals surface area contributed by atoms with E-state index in [1.807, 2.05) is 0 Å². The van der Waals surface area contributed by atoms with E-state index in [9.17, 15) is 17.6 Å². The molecule has 0 unspecified atom stereocenters. The fourth-order valence-corrected chi connectivity index (χ4v) is 3.43. The lowest BCUT2D eigenvalue weighted by Crippen LogP contribution is -2.14. The third-order valence-electron chi connectivity index (χ3n) is 3.75. The van der Waals surface area contributed by atoms with E-state index >= 15 is 0 Å². The second kappa shape index (κ2) is 8.05. The minimum absolute atomic E-state index is 0.0816. The van der Waals surface area contributed by atoms with Crippen molar-refractivity contribution >= 4 is 27.3 Å². The molecule has 0 spiro atoms. The van der Waals surface area contributed by atoms with Crippen LogP contribution in [-0.4, -0.2) is 26.4 Å². The zero-order valence-corrected chi connectivity index (χ0v) is 15.5. The molecule has 1 aromatic heterocycles. The Balaban J connectivity index is 1.81. The van der Waals surface area contributed by atoms with Gasteiger partial charge in [-0.05, 0) is 48.5 Å². The number of amides is 1. The molecule has 0 aliphatic carbocycles. The number of carbonyl (C=O) groups excluding carboxylic acids is 1. The zero-order chi connectivity index (χ0) is 20.1. The largest absolute Gasteiger partial charge is 0.494 e. The van der Waals surface area contributed by atoms with Crippen LogP contribution in [0.5, 0.6) is 5.75 Å². The van der Waals surface area contributed by atoms with Gasteiger partial charge in [-0.25, -0.2) is 12.8 Å². The second-order valence-corrected chi connectivity index (χ2v) is 7.35. The summed E-state index contributed by atoms with van der Waals surface area (Å²) >= 11 is 0. The average Bonchev–Trinajstić information content (AvgIpc) is 2.69. The molecular formula is C19H16FN3O4S. The zero-order valence-electron chi connectivity index (χ0n) is 14.7. The maximum absolute atomic E-state index is 13.0. The van der Waals surface area contributed by atoms with Crippen molar-refractivity contribution in [3.8, 4) is 5.75 Å². The Hall–Kier alpha value is -3.46. The normalized spacial score (nSPS) is 10.9. The van der Waals surface area contributed by atoms with Gasteiger partial charge in [-0.15, -0.1) is 0 Å². The van der Waals surface area contributed by atoms with E-state index in [0.717, 1.165) is 24.3 Å². The van der Waals surface area contributed by atoms with Gasteiger partial charge in [0.2, 0.25) is 0 Å². The number of benzene rings is 2. The molecule has 0 aliphatic rings. The monoisotopic (exact) mass is 401 g/mol. The molecule has 2 aromatic carbocycles. The molecule has 0 aliphatic heterocycles. The number of methoxy groups -OCH3 is 1. The first-order chi connectivity index (χ1) is 13.4. The van der Waals surface area contributed by atoms with E-state index in [4.69, 9.17) is 4.74 Å². The van der Waals surface area contributed by atoms with Crippen LogP contribution in [0.25, 0.3) is 0 Å². The summed E-state index contributed by atoms with van der Waals surface area (Å²) in [5, 5.41) is 2.68. The van der Waals surface area contributed by atoms with Crippen molar-refractivity contribution in [2.24, 2.45) is 0 Å². The molecule has 2 N–H and O–H groups in total. The summed E-state index contributed by atoms with van der Waals surface area (Å²) in [6.07, 6.45) is 2.98. The van der Waals surface area contributed by atoms with Gasteiger partial charge in [-0.2, -0.15) is 0 Å². The Morgan fingerprint density at radius 2 is 1.86 bits per heavy atom. The Labute approximate surface area is 161 Å². The number of nitrogens with zero attached hydrogens (tertiary/aromatic N) is 1. The SMILES string of the molecule is COc1cc(NS(=O)(=O)c2ccc(F)cc2)ccc1NC(=O)c1cccnc1. The number of sulfonamides is 1. The summed E-state index contributed by atoms with van der Waals surface area (Å²) in [6, 6.07) is 12.1. The number of anilines is 2. The fourth-order valence-electron chi connectivity index (χ4n) is 2.38. The number of hydrogen-bond donors (Lipinski definition) is 2. The van der Waals surface area contributed by atoms with Crippen molar-refractivity contribution in [1.82, 2.24) is 4.98 Å². The molecule has 3 aromatic rings. The van der Waals surface area contributed by atoms with Gasteiger partial charge in [-0.1, -0.05) is 0 Å². The fraction of sp³-hybridized carbons (Fsp3) is 0.0526. The number of aromatic nitrogens is 1. The lowest BCUT2D eigenvalue weighted by Gasteiger charge is -2.13. The Bertz CT molecular complexity index is 1090. The highest BCUT2D eigenvalue weighted by Gasteiger charge is 2.16. The van der Waals surface area contributed by atoms with Crippen molar-refractivity contribution < 1.29 is 22.3 Å². The van der Waals surface area contributed by atoms with Gasteiger partial charge in [0.1, 0.15) is 11.6 Å². The third-order valence-corrected chi connectivity index (χ3v) is 5.15. The average molecular weight is 401 g/mol. The topological polar surface area (TPSA) is 97.4 Å². The van der Waals surface area contributed by atoms with Crippen molar-refractivity contribution in [3.05, 3.63) is 78.4 Å². The lowest BCUT2D eigenvalue weighted by molar-refractivity contribution is 0.102. The van der Waals surface area contributed by atoms with Gasteiger partial charge in [-0.3, -0.25) is 14.5 Å². The summed E-state index contributed by atoms with van der Waals surface area (Å²) in [7, 11) is -2.51. The van der Waals surface area contributed by atoms with Crippen LogP contribution >= 0.6 is 0 Å². The first-order valence-corrected chi connectivity index (χ1v) is 9.55. The number of rotatable bonds is 6. The van der Waals surface area contributed by atoms with Crippen molar-refractivity contribution in [2.45, 2.75) is 4.90 Å². The first kappa shape index (κ1) is 19.3. The number of nitrogens with one attached hydrogen (secondary N) is 2. The van der Waals surface area contributed by atoms with Crippen molar-refractivity contribution in [1.29, 1.82) is 0 Å². The molecule has 0 radical (unpaired) electrons. The molecular weight excluding hydrogens is 385 g/mol. The molecule has 1 amide bonds. The predicted octanol–water partition coefficient (Wildman–Crippen LogP) is 3.28. The van der Waals surface area contributed by atoms with Gasteiger partial charge in [0.15, 0.2) is 0 Å². The van der Waals surface area contributed by atoms with E-state index < -0.39 is 15.8 Å². The summed E-state index contributed by atoms with van der Waals surface area (Å²) in [5.41, 5.74) is 0.951. The first-order valence-electron chi connectivity index (χ1n) is 8.07. The van der Waals surface area contributed by atoms with Gasteiger partial charge in [0.05, 0.1) is 28.9 Å². The number of halogens is 1. The summed E-state index contributed by atoms with van der Waals surface area (Å²) in [6.45, 7) is 0. The maximum Gasteiger partial charge on any atom is 0.261 e. The Morgan fingerprint density at radius 3 is 2.50 bits per heavy atom. The van der Waals surface area contributed by atoms with E-state index in [1.165, 1.54) is 31.5 Å². The van der Waals surface area contributed by atoms with Crippen LogP contribution in [0, 0.1) is 5.82 Å². The van der Waals surface area contributed by atoms with Crippen LogP contribution in [0.1, 0.15) is 10.4 Å². The second-order valence-electron chi connectivity index (χ2n) is 5.67. The van der Waals surface area contributed by atoms with Crippen LogP contribution in [0.3, 0.4) is 0 Å². The van der Waals surface area contributed by atoms with Gasteiger partial charge in [0, 0.05) is 18.5 Å². The van der Waals surface area contributed by atoms with Crippen LogP contribution in [0.15, 0.2) is 71.9 Å². The molecule has 3 rings (SSSR count). The minimum atomic E-state index is -3.90. The number of ether oxygens (including phenoxy) is 1. The summed E-state index contributed by atoms with van der Waals surface area (Å²) in [4.78, 5) is 16.1. The molecule has 0 fully saturated rings. The smallest absolute Gasteiger partial charge is 0.261 e. The van der Waals surface area contributed by atoms with Gasteiger partial charge >= 0.3 is 0 Å². The van der Waals surface area contributed by atoms with Crippen LogP contribution in [0.4, 0.5) is 15.8 Å². The molecule has 0 saturated carbocycles. The van der Waals surface area contributed by atoms with E-state index in [0.29, 0.717) is 11.3 Å². The Kier molecular flexibility index (Phi) is 5.55. The van der Waals surface area contributed by atoms with Gasteiger partial charge in [0.25, 0.3) is 15.9 Å². The number of hydrogen-bond acceptors (Lipinski definition) is 5.